The molecule has 1 saturated heterocycles. The molecule has 0 aromatic heterocycles. The summed E-state index contributed by atoms with van der Waals surface area (Å²) in [5.74, 6) is 1.21. The third-order valence-electron chi connectivity index (χ3n) is 3.51. The standard InChI is InChI=1S/C13H21NO3/c1-13(2,3)17-12(16)14-7-9-4-5-11(15)6-10(9)8-14/h9-10H,4-8H2,1-3H3/t9-,10-/m1/s1. The average molecular weight is 239 g/mol. The first-order valence-corrected chi connectivity index (χ1v) is 6.35. The fraction of sp³-hybridized carbons (Fsp3) is 0.846. The molecule has 1 aliphatic heterocycles. The molecule has 0 aromatic carbocycles. The van der Waals surface area contributed by atoms with Gasteiger partial charge in [-0.2, -0.15) is 0 Å². The van der Waals surface area contributed by atoms with Crippen LogP contribution in [-0.2, 0) is 9.53 Å². The lowest BCUT2D eigenvalue weighted by atomic mass is 9.81. The number of ketones is 1. The first kappa shape index (κ1) is 12.4. The van der Waals surface area contributed by atoms with E-state index in [1.807, 2.05) is 20.8 Å². The third-order valence-corrected chi connectivity index (χ3v) is 3.51. The van der Waals surface area contributed by atoms with Crippen molar-refractivity contribution in [2.24, 2.45) is 11.8 Å². The molecule has 96 valence electrons. The van der Waals surface area contributed by atoms with E-state index in [-0.39, 0.29) is 6.09 Å². The molecule has 2 fully saturated rings. The van der Waals surface area contributed by atoms with Gasteiger partial charge in [0.25, 0.3) is 0 Å². The molecule has 4 heteroatoms. The van der Waals surface area contributed by atoms with Crippen molar-refractivity contribution in [2.45, 2.75) is 45.6 Å². The summed E-state index contributed by atoms with van der Waals surface area (Å²) in [6, 6.07) is 0. The molecule has 2 rings (SSSR count). The molecule has 0 aromatic rings. The molecule has 0 unspecified atom stereocenters. The highest BCUT2D eigenvalue weighted by atomic mass is 16.6. The number of ether oxygens (including phenoxy) is 1. The van der Waals surface area contributed by atoms with Crippen molar-refractivity contribution in [2.75, 3.05) is 13.1 Å². The SMILES string of the molecule is CC(C)(C)OC(=O)N1C[C@H]2CCC(=O)C[C@@H]2C1. The molecule has 4 nitrogen and oxygen atoms in total. The van der Waals surface area contributed by atoms with Crippen LogP contribution >= 0.6 is 0 Å². The number of hydrogen-bond acceptors (Lipinski definition) is 3. The van der Waals surface area contributed by atoms with Crippen molar-refractivity contribution < 1.29 is 14.3 Å². The van der Waals surface area contributed by atoms with Gasteiger partial charge in [-0.15, -0.1) is 0 Å². The fourth-order valence-electron chi connectivity index (χ4n) is 2.71. The summed E-state index contributed by atoms with van der Waals surface area (Å²) in [5.41, 5.74) is -0.444. The predicted molar refractivity (Wildman–Crippen MR) is 63.6 cm³/mol. The zero-order valence-corrected chi connectivity index (χ0v) is 10.9. The van der Waals surface area contributed by atoms with Gasteiger partial charge in [-0.3, -0.25) is 4.79 Å². The maximum Gasteiger partial charge on any atom is 0.410 e. The second-order valence-corrected chi connectivity index (χ2v) is 6.19. The molecular formula is C13H21NO3. The Morgan fingerprint density at radius 1 is 1.29 bits per heavy atom. The Balaban J connectivity index is 1.93. The number of nitrogens with zero attached hydrogens (tertiary/aromatic N) is 1. The number of hydrogen-bond donors (Lipinski definition) is 0. The topological polar surface area (TPSA) is 46.6 Å². The van der Waals surface area contributed by atoms with Crippen molar-refractivity contribution in [3.8, 4) is 0 Å². The number of fused-ring (bicyclic) bond motifs is 1. The molecule has 2 atom stereocenters. The maximum absolute atomic E-state index is 11.9. The van der Waals surface area contributed by atoms with Crippen molar-refractivity contribution in [3.63, 3.8) is 0 Å². The molecule has 0 spiro atoms. The third kappa shape index (κ3) is 2.99. The Morgan fingerprint density at radius 3 is 2.59 bits per heavy atom. The Kier molecular flexibility index (Phi) is 3.15. The number of carbonyl (C=O) groups is 2. The summed E-state index contributed by atoms with van der Waals surface area (Å²) in [6.45, 7) is 7.06. The van der Waals surface area contributed by atoms with Crippen LogP contribution in [0.2, 0.25) is 0 Å². The monoisotopic (exact) mass is 239 g/mol. The number of rotatable bonds is 0. The van der Waals surface area contributed by atoms with Crippen LogP contribution in [0.1, 0.15) is 40.0 Å². The molecule has 0 bridgehead atoms. The lowest BCUT2D eigenvalue weighted by Gasteiger charge is -2.24. The lowest BCUT2D eigenvalue weighted by Crippen LogP contribution is -2.35. The predicted octanol–water partition coefficient (Wildman–Crippen LogP) is 2.22. The Bertz CT molecular complexity index is 332. The minimum atomic E-state index is -0.444. The van der Waals surface area contributed by atoms with Crippen molar-refractivity contribution in [1.82, 2.24) is 4.90 Å². The number of likely N-dealkylation sites (tertiary alicyclic amines) is 1. The van der Waals surface area contributed by atoms with Crippen LogP contribution in [0.5, 0.6) is 0 Å². The van der Waals surface area contributed by atoms with Crippen LogP contribution in [-0.4, -0.2) is 35.5 Å². The van der Waals surface area contributed by atoms with E-state index in [1.54, 1.807) is 4.90 Å². The molecule has 2 aliphatic rings. The van der Waals surface area contributed by atoms with Crippen LogP contribution < -0.4 is 0 Å². The van der Waals surface area contributed by atoms with Gasteiger partial charge in [0.05, 0.1) is 0 Å². The summed E-state index contributed by atoms with van der Waals surface area (Å²) in [4.78, 5) is 25.0. The first-order chi connectivity index (χ1) is 7.85. The fourth-order valence-corrected chi connectivity index (χ4v) is 2.71. The van der Waals surface area contributed by atoms with Gasteiger partial charge in [0.2, 0.25) is 0 Å². The van der Waals surface area contributed by atoms with E-state index >= 15 is 0 Å². The summed E-state index contributed by atoms with van der Waals surface area (Å²) in [7, 11) is 0. The van der Waals surface area contributed by atoms with Gasteiger partial charge in [0.15, 0.2) is 0 Å². The van der Waals surface area contributed by atoms with Gasteiger partial charge in [-0.05, 0) is 39.0 Å². The van der Waals surface area contributed by atoms with Gasteiger partial charge in [-0.1, -0.05) is 0 Å². The first-order valence-electron chi connectivity index (χ1n) is 6.35. The average Bonchev–Trinajstić information content (AvgIpc) is 2.57. The van der Waals surface area contributed by atoms with E-state index in [9.17, 15) is 9.59 Å². The van der Waals surface area contributed by atoms with Gasteiger partial charge in [0.1, 0.15) is 11.4 Å². The highest BCUT2D eigenvalue weighted by Crippen LogP contribution is 2.35. The number of amides is 1. The normalized spacial score (nSPS) is 29.1. The molecule has 0 radical (unpaired) electrons. The highest BCUT2D eigenvalue weighted by molar-refractivity contribution is 5.80. The summed E-state index contributed by atoms with van der Waals surface area (Å²) < 4.78 is 5.36. The molecule has 1 heterocycles. The van der Waals surface area contributed by atoms with Crippen LogP contribution in [0, 0.1) is 11.8 Å². The van der Waals surface area contributed by atoms with E-state index in [4.69, 9.17) is 4.74 Å². The second kappa shape index (κ2) is 4.31. The summed E-state index contributed by atoms with van der Waals surface area (Å²) >= 11 is 0. The van der Waals surface area contributed by atoms with Gasteiger partial charge in [-0.25, -0.2) is 4.79 Å². The van der Waals surface area contributed by atoms with Gasteiger partial charge >= 0.3 is 6.09 Å². The van der Waals surface area contributed by atoms with E-state index < -0.39 is 5.60 Å². The van der Waals surface area contributed by atoms with E-state index in [0.29, 0.717) is 37.0 Å². The van der Waals surface area contributed by atoms with E-state index in [2.05, 4.69) is 0 Å². The smallest absolute Gasteiger partial charge is 0.410 e. The Morgan fingerprint density at radius 2 is 1.94 bits per heavy atom. The van der Waals surface area contributed by atoms with Gasteiger partial charge < -0.3 is 9.64 Å². The minimum absolute atomic E-state index is 0.237. The zero-order chi connectivity index (χ0) is 12.6. The van der Waals surface area contributed by atoms with Crippen LogP contribution in [0.4, 0.5) is 4.79 Å². The largest absolute Gasteiger partial charge is 0.444 e. The summed E-state index contributed by atoms with van der Waals surface area (Å²) in [6.07, 6.45) is 2.02. The van der Waals surface area contributed by atoms with Crippen LogP contribution in [0.15, 0.2) is 0 Å². The molecule has 1 aliphatic carbocycles. The Hall–Kier alpha value is -1.06. The van der Waals surface area contributed by atoms with Crippen LogP contribution in [0.25, 0.3) is 0 Å². The molecular weight excluding hydrogens is 218 g/mol. The van der Waals surface area contributed by atoms with E-state index in [1.165, 1.54) is 0 Å². The molecule has 17 heavy (non-hydrogen) atoms. The van der Waals surface area contributed by atoms with Crippen molar-refractivity contribution >= 4 is 11.9 Å². The molecule has 0 N–H and O–H groups in total. The van der Waals surface area contributed by atoms with E-state index in [0.717, 1.165) is 13.0 Å². The highest BCUT2D eigenvalue weighted by Gasteiger charge is 2.40. The Labute approximate surface area is 102 Å². The number of Topliss-reactive ketones (excluding diaryl/α,β-unsaturated/α-hetero) is 1. The van der Waals surface area contributed by atoms with Crippen molar-refractivity contribution in [3.05, 3.63) is 0 Å². The lowest BCUT2D eigenvalue weighted by molar-refractivity contribution is -0.122. The maximum atomic E-state index is 11.9. The van der Waals surface area contributed by atoms with Crippen LogP contribution in [0.3, 0.4) is 0 Å². The molecule has 1 amide bonds. The zero-order valence-electron chi connectivity index (χ0n) is 10.9. The van der Waals surface area contributed by atoms with Crippen molar-refractivity contribution in [1.29, 1.82) is 0 Å². The summed E-state index contributed by atoms with van der Waals surface area (Å²) in [5, 5.41) is 0. The number of carbonyl (C=O) groups excluding carboxylic acids is 2. The quantitative estimate of drug-likeness (QED) is 0.651. The second-order valence-electron chi connectivity index (χ2n) is 6.19. The molecule has 1 saturated carbocycles. The van der Waals surface area contributed by atoms with Gasteiger partial charge in [0, 0.05) is 25.9 Å². The minimum Gasteiger partial charge on any atom is -0.444 e.